The lowest BCUT2D eigenvalue weighted by Crippen LogP contribution is -3.00. The number of anilines is 2. The summed E-state index contributed by atoms with van der Waals surface area (Å²) < 4.78 is 1.34. The van der Waals surface area contributed by atoms with E-state index < -0.39 is 0 Å². The molecule has 2 saturated heterocycles. The topological polar surface area (TPSA) is 18.5 Å². The number of halogens is 1. The van der Waals surface area contributed by atoms with E-state index in [2.05, 4.69) is 138 Å². The fourth-order valence-electron chi connectivity index (χ4n) is 10.3. The van der Waals surface area contributed by atoms with Gasteiger partial charge in [-0.1, -0.05) is 91.3 Å². The Labute approximate surface area is 339 Å². The molecule has 0 spiro atoms. The third-order valence-electron chi connectivity index (χ3n) is 13.4. The largest absolute Gasteiger partial charge is 1.00 e. The Kier molecular flexibility index (Phi) is 14.8. The zero-order valence-electron chi connectivity index (χ0n) is 32.6. The number of rotatable bonds is 12. The molecule has 0 saturated carbocycles. The molecule has 0 amide bonds. The first kappa shape index (κ1) is 39.8. The molecule has 53 heavy (non-hydrogen) atoms. The van der Waals surface area contributed by atoms with Gasteiger partial charge in [0.05, 0.1) is 25.7 Å². The minimum atomic E-state index is 0. The smallest absolute Gasteiger partial charge is 0.0907 e. The van der Waals surface area contributed by atoms with Crippen LogP contribution in [-0.4, -0.2) is 67.9 Å². The Morgan fingerprint density at radius 3 is 1.45 bits per heavy atom. The molecule has 2 fully saturated rings. The highest BCUT2D eigenvalue weighted by Crippen LogP contribution is 2.33. The molecular weight excluding hydrogens is 759 g/mol. The zero-order valence-corrected chi connectivity index (χ0v) is 34.8. The van der Waals surface area contributed by atoms with Gasteiger partial charge in [0.1, 0.15) is 0 Å². The van der Waals surface area contributed by atoms with Crippen molar-refractivity contribution in [3.63, 3.8) is 0 Å². The molecule has 8 rings (SSSR count). The Balaban J connectivity index is 0.000000180. The molecule has 284 valence electrons. The fraction of sp³-hybridized carbons (Fsp3) is 0.500. The van der Waals surface area contributed by atoms with Gasteiger partial charge >= 0.3 is 0 Å². The van der Waals surface area contributed by atoms with Crippen LogP contribution in [0.25, 0.3) is 0 Å². The summed E-state index contributed by atoms with van der Waals surface area (Å²) in [5.74, 6) is 0. The van der Waals surface area contributed by atoms with E-state index in [9.17, 15) is 0 Å². The van der Waals surface area contributed by atoms with Crippen LogP contribution in [0.1, 0.15) is 87.5 Å². The molecule has 5 heteroatoms. The molecule has 0 radical (unpaired) electrons. The van der Waals surface area contributed by atoms with Gasteiger partial charge in [0.2, 0.25) is 0 Å². The van der Waals surface area contributed by atoms with E-state index in [4.69, 9.17) is 0 Å². The van der Waals surface area contributed by atoms with Crippen LogP contribution in [0.2, 0.25) is 0 Å². The summed E-state index contributed by atoms with van der Waals surface area (Å²) in [6, 6.07) is 42.9. The van der Waals surface area contributed by atoms with Gasteiger partial charge in [0.15, 0.2) is 0 Å². The van der Waals surface area contributed by atoms with E-state index in [0.717, 1.165) is 12.6 Å². The summed E-state index contributed by atoms with van der Waals surface area (Å²) >= 11 is 0. The number of para-hydroxylation sites is 2. The van der Waals surface area contributed by atoms with E-state index in [0.29, 0.717) is 18.1 Å². The molecular formula is C48H65IN4. The molecule has 4 aromatic carbocycles. The molecule has 2 heterocycles. The SMILES string of the molecule is CC[N+]1(CC)CCCC[C@H]1CCN(c1ccccc1)C1Cc2ccccc2C1.[I-].c1ccc(N(CC[C@@H]2CCCCN2)C2Cc3ccccc3C2)cc1. The monoisotopic (exact) mass is 824 g/mol. The number of fused-ring (bicyclic) bond motifs is 2. The van der Waals surface area contributed by atoms with Crippen LogP contribution in [0.4, 0.5) is 11.4 Å². The van der Waals surface area contributed by atoms with Crippen molar-refractivity contribution in [1.29, 1.82) is 0 Å². The van der Waals surface area contributed by atoms with Gasteiger partial charge in [-0.3, -0.25) is 0 Å². The van der Waals surface area contributed by atoms with Crippen molar-refractivity contribution in [1.82, 2.24) is 5.32 Å². The number of nitrogens with zero attached hydrogens (tertiary/aromatic N) is 3. The van der Waals surface area contributed by atoms with Crippen molar-refractivity contribution in [2.45, 2.75) is 115 Å². The highest BCUT2D eigenvalue weighted by Gasteiger charge is 2.37. The third kappa shape index (κ3) is 9.87. The van der Waals surface area contributed by atoms with E-state index >= 15 is 0 Å². The first-order valence-corrected chi connectivity index (χ1v) is 21.0. The van der Waals surface area contributed by atoms with E-state index in [1.807, 2.05) is 0 Å². The summed E-state index contributed by atoms with van der Waals surface area (Å²) in [6.45, 7) is 12.3. The Hall–Kier alpha value is -2.87. The number of benzene rings is 4. The second kappa shape index (κ2) is 19.6. The summed E-state index contributed by atoms with van der Waals surface area (Å²) in [7, 11) is 0. The molecule has 4 nitrogen and oxygen atoms in total. The molecule has 0 aromatic heterocycles. The fourth-order valence-corrected chi connectivity index (χ4v) is 10.3. The van der Waals surface area contributed by atoms with E-state index in [-0.39, 0.29) is 24.0 Å². The standard InChI is InChI=1S/C26H37N2.C22H28N2.HI/c1-3-28(4-2)19-11-10-16-26(28)17-18-27(24-14-6-5-7-15-24)25-20-22-12-8-9-13-23(22)21-25;1-2-11-21(12-3-1)24(15-13-20-10-6-7-14-23-20)22-16-18-8-4-5-9-19(18)17-22;/h5-9,12-15,25-26H,3-4,10-11,16-21H2,1-2H3;1-5,8-9,11-12,20,22-23H,6-7,10,13-17H2;1H/q+1;;/p-1/t26-;20-;/m00./s1. The van der Waals surface area contributed by atoms with Gasteiger partial charge in [0, 0.05) is 49.0 Å². The maximum absolute atomic E-state index is 3.71. The minimum Gasteiger partial charge on any atom is -1.00 e. The van der Waals surface area contributed by atoms with Crippen molar-refractivity contribution in [3.8, 4) is 0 Å². The van der Waals surface area contributed by atoms with Gasteiger partial charge in [-0.05, 0) is 131 Å². The van der Waals surface area contributed by atoms with Crippen molar-refractivity contribution >= 4 is 11.4 Å². The van der Waals surface area contributed by atoms with Crippen LogP contribution in [0, 0.1) is 0 Å². The number of hydrogen-bond donors (Lipinski definition) is 1. The van der Waals surface area contributed by atoms with Gasteiger partial charge in [-0.25, -0.2) is 0 Å². The average Bonchev–Trinajstić information content (AvgIpc) is 3.84. The summed E-state index contributed by atoms with van der Waals surface area (Å²) in [5, 5.41) is 3.71. The van der Waals surface area contributed by atoms with E-state index in [1.165, 1.54) is 126 Å². The third-order valence-corrected chi connectivity index (χ3v) is 13.4. The average molecular weight is 825 g/mol. The maximum atomic E-state index is 3.71. The van der Waals surface area contributed by atoms with Crippen molar-refractivity contribution in [2.24, 2.45) is 0 Å². The molecule has 0 unspecified atom stereocenters. The second-order valence-electron chi connectivity index (χ2n) is 16.2. The normalized spacial score (nSPS) is 20.7. The first-order chi connectivity index (χ1) is 25.7. The molecule has 2 aliphatic heterocycles. The first-order valence-electron chi connectivity index (χ1n) is 21.0. The van der Waals surface area contributed by atoms with Crippen LogP contribution in [0.3, 0.4) is 0 Å². The lowest BCUT2D eigenvalue weighted by atomic mass is 9.94. The highest BCUT2D eigenvalue weighted by molar-refractivity contribution is 5.51. The molecule has 2 atom stereocenters. The van der Waals surface area contributed by atoms with Crippen molar-refractivity contribution in [2.75, 3.05) is 49.1 Å². The van der Waals surface area contributed by atoms with Gasteiger partial charge in [-0.2, -0.15) is 0 Å². The van der Waals surface area contributed by atoms with Crippen molar-refractivity contribution in [3.05, 3.63) is 131 Å². The molecule has 0 bridgehead atoms. The summed E-state index contributed by atoms with van der Waals surface area (Å²) in [5.41, 5.74) is 8.98. The van der Waals surface area contributed by atoms with Crippen LogP contribution in [0.15, 0.2) is 109 Å². The van der Waals surface area contributed by atoms with Crippen LogP contribution in [-0.2, 0) is 25.7 Å². The highest BCUT2D eigenvalue weighted by atomic mass is 127. The van der Waals surface area contributed by atoms with Gasteiger partial charge < -0.3 is 43.6 Å². The lowest BCUT2D eigenvalue weighted by Gasteiger charge is -2.47. The Bertz CT molecular complexity index is 1600. The van der Waals surface area contributed by atoms with Crippen LogP contribution < -0.4 is 39.1 Å². The van der Waals surface area contributed by atoms with Crippen LogP contribution >= 0.6 is 0 Å². The number of nitrogens with one attached hydrogen (secondary N) is 1. The van der Waals surface area contributed by atoms with Gasteiger partial charge in [0.25, 0.3) is 0 Å². The number of piperidine rings is 2. The van der Waals surface area contributed by atoms with Gasteiger partial charge in [-0.15, -0.1) is 0 Å². The maximum Gasteiger partial charge on any atom is 0.0907 e. The second-order valence-corrected chi connectivity index (χ2v) is 16.2. The Morgan fingerprint density at radius 2 is 1.00 bits per heavy atom. The van der Waals surface area contributed by atoms with Crippen LogP contribution in [0.5, 0.6) is 0 Å². The van der Waals surface area contributed by atoms with Crippen molar-refractivity contribution < 1.29 is 28.5 Å². The zero-order chi connectivity index (χ0) is 35.6. The predicted octanol–water partition coefficient (Wildman–Crippen LogP) is 6.66. The summed E-state index contributed by atoms with van der Waals surface area (Å²) in [6.07, 6.45) is 15.6. The molecule has 4 aromatic rings. The lowest BCUT2D eigenvalue weighted by molar-refractivity contribution is -0.953. The quantitative estimate of drug-likeness (QED) is 0.128. The summed E-state index contributed by atoms with van der Waals surface area (Å²) in [4.78, 5) is 5.39. The predicted molar refractivity (Wildman–Crippen MR) is 222 cm³/mol. The molecule has 4 aliphatic rings. The Morgan fingerprint density at radius 1 is 0.547 bits per heavy atom. The molecule has 1 N–H and O–H groups in total. The number of hydrogen-bond acceptors (Lipinski definition) is 3. The van der Waals surface area contributed by atoms with E-state index in [1.54, 1.807) is 22.3 Å². The minimum absolute atomic E-state index is 0. The number of likely N-dealkylation sites (tertiary alicyclic amines) is 1. The molecule has 2 aliphatic carbocycles. The number of quaternary nitrogens is 1.